The molecule has 0 amide bonds. The monoisotopic (exact) mass is 208 g/mol. The van der Waals surface area contributed by atoms with Gasteiger partial charge in [0.15, 0.2) is 0 Å². The molecule has 0 aliphatic carbocycles. The predicted molar refractivity (Wildman–Crippen MR) is 61.7 cm³/mol. The second kappa shape index (κ2) is 6.53. The summed E-state index contributed by atoms with van der Waals surface area (Å²) in [5.74, 6) is 0.300. The number of hydrogen-bond donors (Lipinski definition) is 2. The van der Waals surface area contributed by atoms with Gasteiger partial charge < -0.3 is 10.4 Å². The van der Waals surface area contributed by atoms with E-state index in [4.69, 9.17) is 5.11 Å². The van der Waals surface area contributed by atoms with Crippen LogP contribution in [-0.4, -0.2) is 29.3 Å². The van der Waals surface area contributed by atoms with Gasteiger partial charge in [0.25, 0.3) is 0 Å². The van der Waals surface area contributed by atoms with Gasteiger partial charge in [0.1, 0.15) is 0 Å². The standard InChI is InChI=1S/C12H20N2O/c1-10(9-15)11(2)13-8-6-12-5-3-4-7-14-12/h3-5,7,10-11,13,15H,6,8-9H2,1-2H3. The lowest BCUT2D eigenvalue weighted by molar-refractivity contribution is 0.208. The van der Waals surface area contributed by atoms with Crippen LogP contribution in [-0.2, 0) is 6.42 Å². The normalized spacial score (nSPS) is 14.9. The Morgan fingerprint density at radius 2 is 2.20 bits per heavy atom. The zero-order valence-corrected chi connectivity index (χ0v) is 9.48. The molecule has 0 aliphatic rings. The topological polar surface area (TPSA) is 45.1 Å². The first-order valence-corrected chi connectivity index (χ1v) is 5.48. The van der Waals surface area contributed by atoms with Crippen molar-refractivity contribution in [1.82, 2.24) is 10.3 Å². The minimum atomic E-state index is 0.234. The number of hydrogen-bond acceptors (Lipinski definition) is 3. The SMILES string of the molecule is CC(CO)C(C)NCCc1ccccn1. The van der Waals surface area contributed by atoms with Gasteiger partial charge in [-0.1, -0.05) is 13.0 Å². The smallest absolute Gasteiger partial charge is 0.0471 e. The summed E-state index contributed by atoms with van der Waals surface area (Å²) < 4.78 is 0. The first kappa shape index (κ1) is 12.1. The molecule has 2 atom stereocenters. The van der Waals surface area contributed by atoms with Crippen molar-refractivity contribution in [2.75, 3.05) is 13.2 Å². The van der Waals surface area contributed by atoms with Gasteiger partial charge in [0.05, 0.1) is 0 Å². The molecule has 2 N–H and O–H groups in total. The van der Waals surface area contributed by atoms with Crippen LogP contribution < -0.4 is 5.32 Å². The van der Waals surface area contributed by atoms with E-state index in [1.54, 1.807) is 0 Å². The third-order valence-electron chi connectivity index (χ3n) is 2.72. The Balaban J connectivity index is 2.22. The maximum atomic E-state index is 8.97. The van der Waals surface area contributed by atoms with E-state index in [2.05, 4.69) is 17.2 Å². The number of rotatable bonds is 6. The molecule has 0 saturated carbocycles. The lowest BCUT2D eigenvalue weighted by Gasteiger charge is -2.18. The highest BCUT2D eigenvalue weighted by atomic mass is 16.3. The highest BCUT2D eigenvalue weighted by Crippen LogP contribution is 2.01. The minimum absolute atomic E-state index is 0.234. The Hall–Kier alpha value is -0.930. The van der Waals surface area contributed by atoms with Gasteiger partial charge in [0.2, 0.25) is 0 Å². The van der Waals surface area contributed by atoms with Crippen LogP contribution in [0.4, 0.5) is 0 Å². The average molecular weight is 208 g/mol. The lowest BCUT2D eigenvalue weighted by atomic mass is 10.1. The van der Waals surface area contributed by atoms with Crippen LogP contribution >= 0.6 is 0 Å². The van der Waals surface area contributed by atoms with E-state index in [-0.39, 0.29) is 6.61 Å². The van der Waals surface area contributed by atoms with Gasteiger partial charge in [0, 0.05) is 37.5 Å². The molecule has 84 valence electrons. The van der Waals surface area contributed by atoms with Gasteiger partial charge in [-0.2, -0.15) is 0 Å². The maximum Gasteiger partial charge on any atom is 0.0471 e. The molecule has 0 fully saturated rings. The summed E-state index contributed by atoms with van der Waals surface area (Å²) >= 11 is 0. The summed E-state index contributed by atoms with van der Waals surface area (Å²) in [5, 5.41) is 12.4. The first-order valence-electron chi connectivity index (χ1n) is 5.48. The molecule has 1 aromatic rings. The third kappa shape index (κ3) is 4.40. The Labute approximate surface area is 91.5 Å². The van der Waals surface area contributed by atoms with Crippen molar-refractivity contribution in [1.29, 1.82) is 0 Å². The summed E-state index contributed by atoms with van der Waals surface area (Å²) in [6.45, 7) is 5.28. The molecule has 1 rings (SSSR count). The summed E-state index contributed by atoms with van der Waals surface area (Å²) in [5.41, 5.74) is 1.11. The van der Waals surface area contributed by atoms with Crippen molar-refractivity contribution >= 4 is 0 Å². The van der Waals surface area contributed by atoms with Gasteiger partial charge in [-0.05, 0) is 25.0 Å². The third-order valence-corrected chi connectivity index (χ3v) is 2.72. The molecule has 15 heavy (non-hydrogen) atoms. The van der Waals surface area contributed by atoms with Crippen LogP contribution in [0.2, 0.25) is 0 Å². The molecular weight excluding hydrogens is 188 g/mol. The van der Waals surface area contributed by atoms with E-state index in [1.165, 1.54) is 0 Å². The van der Waals surface area contributed by atoms with Crippen LogP contribution in [0, 0.1) is 5.92 Å². The van der Waals surface area contributed by atoms with Crippen LogP contribution in [0.5, 0.6) is 0 Å². The highest BCUT2D eigenvalue weighted by Gasteiger charge is 2.09. The van der Waals surface area contributed by atoms with E-state index < -0.39 is 0 Å². The fraction of sp³-hybridized carbons (Fsp3) is 0.583. The van der Waals surface area contributed by atoms with Crippen molar-refractivity contribution in [3.8, 4) is 0 Å². The number of aromatic nitrogens is 1. The zero-order chi connectivity index (χ0) is 11.1. The second-order valence-electron chi connectivity index (χ2n) is 3.97. The van der Waals surface area contributed by atoms with Gasteiger partial charge in [-0.3, -0.25) is 4.98 Å². The molecule has 0 aromatic carbocycles. The number of nitrogens with one attached hydrogen (secondary N) is 1. The molecule has 0 bridgehead atoms. The lowest BCUT2D eigenvalue weighted by Crippen LogP contribution is -2.35. The van der Waals surface area contributed by atoms with Crippen LogP contribution in [0.1, 0.15) is 19.5 Å². The molecule has 1 heterocycles. The van der Waals surface area contributed by atoms with Gasteiger partial charge in [-0.25, -0.2) is 0 Å². The quantitative estimate of drug-likeness (QED) is 0.739. The summed E-state index contributed by atoms with van der Waals surface area (Å²) in [4.78, 5) is 4.25. The van der Waals surface area contributed by atoms with Crippen molar-refractivity contribution in [3.63, 3.8) is 0 Å². The van der Waals surface area contributed by atoms with Crippen LogP contribution in [0.25, 0.3) is 0 Å². The summed E-state index contributed by atoms with van der Waals surface area (Å²) in [6.07, 6.45) is 2.75. The van der Waals surface area contributed by atoms with E-state index in [0.29, 0.717) is 12.0 Å². The van der Waals surface area contributed by atoms with Crippen molar-refractivity contribution < 1.29 is 5.11 Å². The Morgan fingerprint density at radius 3 is 2.80 bits per heavy atom. The largest absolute Gasteiger partial charge is 0.396 e. The van der Waals surface area contributed by atoms with E-state index in [0.717, 1.165) is 18.7 Å². The van der Waals surface area contributed by atoms with Crippen molar-refractivity contribution in [2.24, 2.45) is 5.92 Å². The highest BCUT2D eigenvalue weighted by molar-refractivity contribution is 5.03. The molecule has 0 radical (unpaired) electrons. The summed E-state index contributed by atoms with van der Waals surface area (Å²) in [7, 11) is 0. The van der Waals surface area contributed by atoms with Crippen LogP contribution in [0.15, 0.2) is 24.4 Å². The molecular formula is C12H20N2O. The fourth-order valence-electron chi connectivity index (χ4n) is 1.33. The molecule has 3 heteroatoms. The number of aliphatic hydroxyl groups is 1. The van der Waals surface area contributed by atoms with Crippen LogP contribution in [0.3, 0.4) is 0 Å². The predicted octanol–water partition coefficient (Wildman–Crippen LogP) is 1.23. The molecule has 1 aromatic heterocycles. The molecule has 0 saturated heterocycles. The van der Waals surface area contributed by atoms with E-state index in [9.17, 15) is 0 Å². The van der Waals surface area contributed by atoms with Crippen molar-refractivity contribution in [2.45, 2.75) is 26.3 Å². The fourth-order valence-corrected chi connectivity index (χ4v) is 1.33. The molecule has 0 aliphatic heterocycles. The minimum Gasteiger partial charge on any atom is -0.396 e. The summed E-state index contributed by atoms with van der Waals surface area (Å²) in [6, 6.07) is 6.30. The average Bonchev–Trinajstić information content (AvgIpc) is 2.29. The first-order chi connectivity index (χ1) is 7.24. The number of pyridine rings is 1. The molecule has 0 spiro atoms. The molecule has 2 unspecified atom stereocenters. The number of aliphatic hydroxyl groups excluding tert-OH is 1. The Morgan fingerprint density at radius 1 is 1.40 bits per heavy atom. The number of nitrogens with zero attached hydrogens (tertiary/aromatic N) is 1. The Kier molecular flexibility index (Phi) is 5.29. The van der Waals surface area contributed by atoms with Crippen molar-refractivity contribution in [3.05, 3.63) is 30.1 Å². The molecule has 3 nitrogen and oxygen atoms in total. The van der Waals surface area contributed by atoms with Gasteiger partial charge >= 0.3 is 0 Å². The zero-order valence-electron chi connectivity index (χ0n) is 9.48. The second-order valence-corrected chi connectivity index (χ2v) is 3.97. The Bertz CT molecular complexity index is 264. The van der Waals surface area contributed by atoms with E-state index >= 15 is 0 Å². The van der Waals surface area contributed by atoms with E-state index in [1.807, 2.05) is 31.3 Å². The maximum absolute atomic E-state index is 8.97. The van der Waals surface area contributed by atoms with Gasteiger partial charge in [-0.15, -0.1) is 0 Å².